The third-order valence-electron chi connectivity index (χ3n) is 3.59. The summed E-state index contributed by atoms with van der Waals surface area (Å²) >= 11 is 1.98. The SMILES string of the molecule is COc1ccccc1NC1(CN)CSCC(C)(C)C1. The zero-order valence-electron chi connectivity index (χ0n) is 12.0. The first kappa shape index (κ1) is 14.5. The molecule has 106 valence electrons. The Balaban J connectivity index is 2.23. The Bertz CT molecular complexity index is 436. The van der Waals surface area contributed by atoms with Gasteiger partial charge in [0.2, 0.25) is 0 Å². The molecule has 0 amide bonds. The largest absolute Gasteiger partial charge is 0.495 e. The molecule has 1 aromatic carbocycles. The lowest BCUT2D eigenvalue weighted by Gasteiger charge is -2.45. The van der Waals surface area contributed by atoms with Gasteiger partial charge in [0.15, 0.2) is 0 Å². The fourth-order valence-corrected chi connectivity index (χ4v) is 4.28. The summed E-state index contributed by atoms with van der Waals surface area (Å²) in [6.07, 6.45) is 1.08. The number of hydrogen-bond acceptors (Lipinski definition) is 4. The van der Waals surface area contributed by atoms with E-state index in [1.807, 2.05) is 30.0 Å². The fourth-order valence-electron chi connectivity index (χ4n) is 2.84. The molecular formula is C15H24N2OS. The summed E-state index contributed by atoms with van der Waals surface area (Å²) in [5, 5.41) is 3.65. The summed E-state index contributed by atoms with van der Waals surface area (Å²) in [5.41, 5.74) is 7.39. The Morgan fingerprint density at radius 2 is 2.05 bits per heavy atom. The van der Waals surface area contributed by atoms with Crippen molar-refractivity contribution in [3.05, 3.63) is 24.3 Å². The molecule has 0 aliphatic carbocycles. The predicted octanol–water partition coefficient (Wildman–Crippen LogP) is 2.97. The van der Waals surface area contributed by atoms with E-state index in [1.54, 1.807) is 7.11 Å². The first-order valence-corrected chi connectivity index (χ1v) is 7.85. The quantitative estimate of drug-likeness (QED) is 0.890. The second kappa shape index (κ2) is 5.63. The average molecular weight is 280 g/mol. The number of ether oxygens (including phenoxy) is 1. The van der Waals surface area contributed by atoms with Crippen LogP contribution in [0.5, 0.6) is 5.75 Å². The average Bonchev–Trinajstić information content (AvgIpc) is 2.38. The molecule has 0 saturated carbocycles. The van der Waals surface area contributed by atoms with Gasteiger partial charge in [-0.1, -0.05) is 26.0 Å². The molecule has 1 saturated heterocycles. The minimum absolute atomic E-state index is 0.0406. The van der Waals surface area contributed by atoms with Crippen molar-refractivity contribution < 1.29 is 4.74 Å². The second-order valence-corrected chi connectivity index (χ2v) is 7.13. The van der Waals surface area contributed by atoms with Crippen LogP contribution in [0.2, 0.25) is 0 Å². The smallest absolute Gasteiger partial charge is 0.141 e. The minimum atomic E-state index is -0.0406. The van der Waals surface area contributed by atoms with Crippen LogP contribution in [-0.2, 0) is 0 Å². The molecule has 3 nitrogen and oxygen atoms in total. The fraction of sp³-hybridized carbons (Fsp3) is 0.600. The summed E-state index contributed by atoms with van der Waals surface area (Å²) in [6, 6.07) is 8.05. The molecule has 19 heavy (non-hydrogen) atoms. The summed E-state index contributed by atoms with van der Waals surface area (Å²) in [5.74, 6) is 3.12. The first-order chi connectivity index (χ1) is 9.00. The molecule has 2 rings (SSSR count). The maximum absolute atomic E-state index is 6.08. The summed E-state index contributed by atoms with van der Waals surface area (Å²) < 4.78 is 5.42. The zero-order chi connectivity index (χ0) is 13.9. The maximum Gasteiger partial charge on any atom is 0.141 e. The van der Waals surface area contributed by atoms with E-state index >= 15 is 0 Å². The first-order valence-electron chi connectivity index (χ1n) is 6.69. The minimum Gasteiger partial charge on any atom is -0.495 e. The van der Waals surface area contributed by atoms with Crippen molar-refractivity contribution in [2.75, 3.05) is 30.5 Å². The lowest BCUT2D eigenvalue weighted by molar-refractivity contribution is 0.289. The van der Waals surface area contributed by atoms with Gasteiger partial charge in [-0.2, -0.15) is 11.8 Å². The van der Waals surface area contributed by atoms with Crippen molar-refractivity contribution in [2.24, 2.45) is 11.1 Å². The van der Waals surface area contributed by atoms with Crippen molar-refractivity contribution >= 4 is 17.4 Å². The number of para-hydroxylation sites is 2. The van der Waals surface area contributed by atoms with Gasteiger partial charge in [0, 0.05) is 12.3 Å². The number of thioether (sulfide) groups is 1. The van der Waals surface area contributed by atoms with Crippen molar-refractivity contribution in [3.8, 4) is 5.75 Å². The van der Waals surface area contributed by atoms with Crippen LogP contribution in [0.3, 0.4) is 0 Å². The number of rotatable bonds is 4. The van der Waals surface area contributed by atoms with E-state index < -0.39 is 0 Å². The molecule has 1 atom stereocenters. The van der Waals surface area contributed by atoms with Crippen LogP contribution in [0, 0.1) is 5.41 Å². The Labute approximate surface area is 120 Å². The van der Waals surface area contributed by atoms with E-state index in [9.17, 15) is 0 Å². The van der Waals surface area contributed by atoms with Crippen LogP contribution in [-0.4, -0.2) is 30.7 Å². The van der Waals surface area contributed by atoms with Gasteiger partial charge in [-0.3, -0.25) is 0 Å². The molecule has 0 aromatic heterocycles. The lowest BCUT2D eigenvalue weighted by Crippen LogP contribution is -2.53. The van der Waals surface area contributed by atoms with Gasteiger partial charge < -0.3 is 15.8 Å². The molecule has 1 heterocycles. The van der Waals surface area contributed by atoms with Gasteiger partial charge in [0.25, 0.3) is 0 Å². The van der Waals surface area contributed by atoms with Crippen LogP contribution < -0.4 is 15.8 Å². The highest BCUT2D eigenvalue weighted by Crippen LogP contribution is 2.41. The van der Waals surface area contributed by atoms with E-state index in [0.717, 1.165) is 23.6 Å². The van der Waals surface area contributed by atoms with Gasteiger partial charge in [-0.05, 0) is 29.7 Å². The van der Waals surface area contributed by atoms with Crippen LogP contribution in [0.1, 0.15) is 20.3 Å². The summed E-state index contributed by atoms with van der Waals surface area (Å²) in [7, 11) is 1.70. The number of anilines is 1. The number of benzene rings is 1. The molecule has 1 aromatic rings. The second-order valence-electron chi connectivity index (χ2n) is 6.14. The van der Waals surface area contributed by atoms with E-state index in [2.05, 4.69) is 25.2 Å². The molecule has 0 radical (unpaired) electrons. The molecule has 3 N–H and O–H groups in total. The highest BCUT2D eigenvalue weighted by atomic mass is 32.2. The molecular weight excluding hydrogens is 256 g/mol. The summed E-state index contributed by atoms with van der Waals surface area (Å²) in [6.45, 7) is 5.27. The van der Waals surface area contributed by atoms with Gasteiger partial charge in [-0.25, -0.2) is 0 Å². The van der Waals surface area contributed by atoms with E-state index in [1.165, 1.54) is 5.75 Å². The predicted molar refractivity (Wildman–Crippen MR) is 84.1 cm³/mol. The van der Waals surface area contributed by atoms with Gasteiger partial charge in [0.1, 0.15) is 5.75 Å². The van der Waals surface area contributed by atoms with E-state index in [4.69, 9.17) is 10.5 Å². The van der Waals surface area contributed by atoms with Crippen molar-refractivity contribution in [3.63, 3.8) is 0 Å². The standard InChI is InChI=1S/C15H24N2OS/c1-14(2)8-15(9-16,11-19-10-14)17-12-6-4-5-7-13(12)18-3/h4-7,17H,8-11,16H2,1-3H3. The Hall–Kier alpha value is -0.870. The van der Waals surface area contributed by atoms with Crippen LogP contribution in [0.4, 0.5) is 5.69 Å². The van der Waals surface area contributed by atoms with Gasteiger partial charge >= 0.3 is 0 Å². The normalized spacial score (nSPS) is 25.9. The van der Waals surface area contributed by atoms with E-state index in [-0.39, 0.29) is 5.54 Å². The highest BCUT2D eigenvalue weighted by Gasteiger charge is 2.39. The molecule has 1 unspecified atom stereocenters. The van der Waals surface area contributed by atoms with Crippen LogP contribution >= 0.6 is 11.8 Å². The lowest BCUT2D eigenvalue weighted by atomic mass is 9.79. The highest BCUT2D eigenvalue weighted by molar-refractivity contribution is 7.99. The van der Waals surface area contributed by atoms with Gasteiger partial charge in [-0.15, -0.1) is 0 Å². The molecule has 0 bridgehead atoms. The molecule has 1 fully saturated rings. The monoisotopic (exact) mass is 280 g/mol. The number of hydrogen-bond donors (Lipinski definition) is 2. The van der Waals surface area contributed by atoms with Crippen molar-refractivity contribution in [2.45, 2.75) is 25.8 Å². The number of nitrogens with one attached hydrogen (secondary N) is 1. The molecule has 0 spiro atoms. The molecule has 1 aliphatic heterocycles. The van der Waals surface area contributed by atoms with Gasteiger partial charge in [0.05, 0.1) is 18.3 Å². The molecule has 4 heteroatoms. The Morgan fingerprint density at radius 3 is 2.68 bits per heavy atom. The van der Waals surface area contributed by atoms with E-state index in [0.29, 0.717) is 12.0 Å². The summed E-state index contributed by atoms with van der Waals surface area (Å²) in [4.78, 5) is 0. The zero-order valence-corrected chi connectivity index (χ0v) is 12.8. The number of nitrogens with two attached hydrogens (primary N) is 1. The maximum atomic E-state index is 6.08. The topological polar surface area (TPSA) is 47.3 Å². The van der Waals surface area contributed by atoms with Crippen molar-refractivity contribution in [1.82, 2.24) is 0 Å². The number of methoxy groups -OCH3 is 1. The molecule has 1 aliphatic rings. The Morgan fingerprint density at radius 1 is 1.32 bits per heavy atom. The Kier molecular flexibility index (Phi) is 4.31. The third kappa shape index (κ3) is 3.37. The van der Waals surface area contributed by atoms with Crippen molar-refractivity contribution in [1.29, 1.82) is 0 Å². The third-order valence-corrected chi connectivity index (χ3v) is 5.33. The van der Waals surface area contributed by atoms with Crippen LogP contribution in [0.25, 0.3) is 0 Å². The van der Waals surface area contributed by atoms with Crippen LogP contribution in [0.15, 0.2) is 24.3 Å².